The number of aromatic hydroxyl groups is 2. The molecule has 0 radical (unpaired) electrons. The standard InChI is InChI=1S/C26H33NO5.BrH/c1-27(2,3)16-10-6-4-5-7-11-17-31-26-24(30)20-12-8-9-13-23(20)32-25(26)19-14-15-21(28)22(29)18-19;/h8-9,12-15,18H,4-7,10-11,16-17H2,1-3H3,(H-,28,29,30);1H. The topological polar surface area (TPSA) is 79.9 Å². The fourth-order valence-electron chi connectivity index (χ4n) is 3.68. The minimum Gasteiger partial charge on any atom is -1.00 e. The molecular weight excluding hydrogens is 486 g/mol. The number of phenolic OH excluding ortho intramolecular Hbond substituents is 2. The molecule has 2 aromatic carbocycles. The van der Waals surface area contributed by atoms with Crippen LogP contribution >= 0.6 is 0 Å². The van der Waals surface area contributed by atoms with E-state index in [4.69, 9.17) is 9.15 Å². The van der Waals surface area contributed by atoms with Gasteiger partial charge < -0.3 is 40.8 Å². The van der Waals surface area contributed by atoms with Gasteiger partial charge in [0.15, 0.2) is 17.3 Å². The molecule has 0 amide bonds. The summed E-state index contributed by atoms with van der Waals surface area (Å²) in [7, 11) is 6.65. The van der Waals surface area contributed by atoms with Crippen molar-refractivity contribution < 1.29 is 40.8 Å². The lowest BCUT2D eigenvalue weighted by molar-refractivity contribution is -0.870. The number of phenols is 2. The van der Waals surface area contributed by atoms with Crippen LogP contribution in [0.15, 0.2) is 51.7 Å². The minimum absolute atomic E-state index is 0. The molecule has 0 unspecified atom stereocenters. The van der Waals surface area contributed by atoms with E-state index in [1.54, 1.807) is 30.3 Å². The van der Waals surface area contributed by atoms with Crippen molar-refractivity contribution >= 4 is 11.0 Å². The number of nitrogens with zero attached hydrogens (tertiary/aromatic N) is 1. The molecule has 0 fully saturated rings. The van der Waals surface area contributed by atoms with Crippen LogP contribution in [0.3, 0.4) is 0 Å². The van der Waals surface area contributed by atoms with Gasteiger partial charge in [0.25, 0.3) is 0 Å². The van der Waals surface area contributed by atoms with Crippen molar-refractivity contribution in [3.05, 3.63) is 52.7 Å². The zero-order chi connectivity index (χ0) is 23.1. The summed E-state index contributed by atoms with van der Waals surface area (Å²) in [6.07, 6.45) is 6.71. The monoisotopic (exact) mass is 519 g/mol. The third-order valence-electron chi connectivity index (χ3n) is 5.46. The Morgan fingerprint density at radius 3 is 2.24 bits per heavy atom. The highest BCUT2D eigenvalue weighted by atomic mass is 79.9. The predicted octanol–water partition coefficient (Wildman–Crippen LogP) is 2.30. The van der Waals surface area contributed by atoms with E-state index in [2.05, 4.69) is 21.1 Å². The van der Waals surface area contributed by atoms with Crippen LogP contribution in [0.25, 0.3) is 22.3 Å². The van der Waals surface area contributed by atoms with Crippen LogP contribution in [0.2, 0.25) is 0 Å². The van der Waals surface area contributed by atoms with Gasteiger partial charge in [-0.05, 0) is 49.6 Å². The normalized spacial score (nSPS) is 11.4. The third kappa shape index (κ3) is 7.51. The first-order valence-electron chi connectivity index (χ1n) is 11.3. The second kappa shape index (κ2) is 12.1. The largest absolute Gasteiger partial charge is 1.00 e. The molecule has 33 heavy (non-hydrogen) atoms. The summed E-state index contributed by atoms with van der Waals surface area (Å²) in [5.74, 6) is -0.128. The maximum Gasteiger partial charge on any atom is 0.235 e. The zero-order valence-corrected chi connectivity index (χ0v) is 21.2. The molecule has 0 aliphatic heterocycles. The van der Waals surface area contributed by atoms with Gasteiger partial charge in [0, 0.05) is 5.56 Å². The van der Waals surface area contributed by atoms with E-state index in [1.165, 1.54) is 37.9 Å². The first-order chi connectivity index (χ1) is 15.3. The Morgan fingerprint density at radius 2 is 1.55 bits per heavy atom. The maximum absolute atomic E-state index is 13.1. The Hall–Kier alpha value is -2.51. The lowest BCUT2D eigenvalue weighted by Gasteiger charge is -2.23. The number of para-hydroxylation sites is 1. The molecule has 3 rings (SSSR count). The number of hydrogen-bond donors (Lipinski definition) is 2. The van der Waals surface area contributed by atoms with Gasteiger partial charge in [-0.1, -0.05) is 31.4 Å². The van der Waals surface area contributed by atoms with Gasteiger partial charge in [-0.15, -0.1) is 0 Å². The number of rotatable bonds is 11. The lowest BCUT2D eigenvalue weighted by atomic mass is 10.1. The van der Waals surface area contributed by atoms with Crippen molar-refractivity contribution in [3.8, 4) is 28.6 Å². The minimum atomic E-state index is -0.283. The first kappa shape index (κ1) is 26.7. The molecule has 3 aromatic rings. The highest BCUT2D eigenvalue weighted by Gasteiger charge is 2.18. The van der Waals surface area contributed by atoms with Crippen LogP contribution in [0, 0.1) is 0 Å². The van der Waals surface area contributed by atoms with E-state index < -0.39 is 0 Å². The highest BCUT2D eigenvalue weighted by Crippen LogP contribution is 2.35. The van der Waals surface area contributed by atoms with Crippen molar-refractivity contribution in [1.29, 1.82) is 0 Å². The maximum atomic E-state index is 13.1. The lowest BCUT2D eigenvalue weighted by Crippen LogP contribution is -3.00. The Kier molecular flexibility index (Phi) is 9.80. The zero-order valence-electron chi connectivity index (χ0n) is 19.6. The quantitative estimate of drug-likeness (QED) is 0.231. The second-order valence-corrected chi connectivity index (χ2v) is 9.27. The van der Waals surface area contributed by atoms with Gasteiger partial charge in [-0.25, -0.2) is 0 Å². The molecule has 0 saturated heterocycles. The highest BCUT2D eigenvalue weighted by molar-refractivity contribution is 5.82. The van der Waals surface area contributed by atoms with E-state index in [0.29, 0.717) is 23.1 Å². The summed E-state index contributed by atoms with van der Waals surface area (Å²) in [6.45, 7) is 1.61. The number of halogens is 1. The fourth-order valence-corrected chi connectivity index (χ4v) is 3.68. The molecule has 0 aliphatic rings. The molecule has 2 N–H and O–H groups in total. The molecule has 1 heterocycles. The molecule has 0 bridgehead atoms. The van der Waals surface area contributed by atoms with Gasteiger partial charge in [0.1, 0.15) is 5.58 Å². The number of quaternary nitrogens is 1. The number of ether oxygens (including phenoxy) is 1. The van der Waals surface area contributed by atoms with Crippen molar-refractivity contribution in [2.45, 2.75) is 38.5 Å². The van der Waals surface area contributed by atoms with Crippen molar-refractivity contribution in [2.24, 2.45) is 0 Å². The summed E-state index contributed by atoms with van der Waals surface area (Å²) < 4.78 is 12.9. The Labute approximate surface area is 205 Å². The summed E-state index contributed by atoms with van der Waals surface area (Å²) in [4.78, 5) is 13.1. The van der Waals surface area contributed by atoms with E-state index >= 15 is 0 Å². The van der Waals surface area contributed by atoms with Crippen LogP contribution in [-0.2, 0) is 0 Å². The summed E-state index contributed by atoms with van der Waals surface area (Å²) >= 11 is 0. The molecule has 0 atom stereocenters. The van der Waals surface area contributed by atoms with E-state index in [0.717, 1.165) is 23.7 Å². The second-order valence-electron chi connectivity index (χ2n) is 9.27. The average molecular weight is 520 g/mol. The Bertz CT molecular complexity index is 1100. The van der Waals surface area contributed by atoms with Gasteiger partial charge >= 0.3 is 0 Å². The van der Waals surface area contributed by atoms with Crippen molar-refractivity contribution in [2.75, 3.05) is 34.3 Å². The fraction of sp³-hybridized carbons (Fsp3) is 0.423. The Morgan fingerprint density at radius 1 is 0.879 bits per heavy atom. The predicted molar refractivity (Wildman–Crippen MR) is 127 cm³/mol. The third-order valence-corrected chi connectivity index (χ3v) is 5.46. The number of unbranched alkanes of at least 4 members (excludes halogenated alkanes) is 5. The molecule has 1 aromatic heterocycles. The molecule has 180 valence electrons. The van der Waals surface area contributed by atoms with Crippen LogP contribution in [0.1, 0.15) is 38.5 Å². The van der Waals surface area contributed by atoms with Crippen molar-refractivity contribution in [3.63, 3.8) is 0 Å². The number of hydrogen-bond acceptors (Lipinski definition) is 5. The smallest absolute Gasteiger partial charge is 0.235 e. The molecule has 0 aliphatic carbocycles. The number of fused-ring (bicyclic) bond motifs is 1. The molecule has 6 nitrogen and oxygen atoms in total. The van der Waals surface area contributed by atoms with Crippen molar-refractivity contribution in [1.82, 2.24) is 0 Å². The van der Waals surface area contributed by atoms with E-state index in [1.807, 2.05) is 0 Å². The van der Waals surface area contributed by atoms with Crippen LogP contribution in [0.4, 0.5) is 0 Å². The van der Waals surface area contributed by atoms with Gasteiger partial charge in [0.05, 0.1) is 39.7 Å². The Balaban J connectivity index is 0.00000385. The molecular formula is C26H34BrNO5. The molecule has 7 heteroatoms. The molecule has 0 spiro atoms. The summed E-state index contributed by atoms with van der Waals surface area (Å²) in [6, 6.07) is 11.3. The van der Waals surface area contributed by atoms with Gasteiger partial charge in [-0.3, -0.25) is 4.79 Å². The SMILES string of the molecule is C[N+](C)(C)CCCCCCCCOc1c(-c2ccc(O)c(O)c2)oc2ccccc2c1=O.[Br-]. The summed E-state index contributed by atoms with van der Waals surface area (Å²) in [5, 5.41) is 20.0. The summed E-state index contributed by atoms with van der Waals surface area (Å²) in [5.41, 5.74) is 0.673. The van der Waals surface area contributed by atoms with Crippen LogP contribution in [-0.4, -0.2) is 49.0 Å². The van der Waals surface area contributed by atoms with Gasteiger partial charge in [0.2, 0.25) is 11.2 Å². The van der Waals surface area contributed by atoms with Gasteiger partial charge in [-0.2, -0.15) is 0 Å². The van der Waals surface area contributed by atoms with Crippen LogP contribution in [0.5, 0.6) is 17.2 Å². The van der Waals surface area contributed by atoms with Crippen LogP contribution < -0.4 is 27.1 Å². The first-order valence-corrected chi connectivity index (χ1v) is 11.3. The average Bonchev–Trinajstić information content (AvgIpc) is 2.75. The molecule has 0 saturated carbocycles. The van der Waals surface area contributed by atoms with E-state index in [-0.39, 0.29) is 45.4 Å². The number of benzene rings is 2. The van der Waals surface area contributed by atoms with E-state index in [9.17, 15) is 15.0 Å².